The van der Waals surface area contributed by atoms with Crippen LogP contribution in [0.25, 0.3) is 10.2 Å². The monoisotopic (exact) mass is 382 g/mol. The number of aryl methyl sites for hydroxylation is 1. The van der Waals surface area contributed by atoms with Gasteiger partial charge in [0, 0.05) is 11.3 Å². The molecule has 1 unspecified atom stereocenters. The zero-order valence-corrected chi connectivity index (χ0v) is 16.1. The third-order valence-corrected chi connectivity index (χ3v) is 6.24. The molecule has 0 radical (unpaired) electrons. The first-order chi connectivity index (χ1) is 13.1. The van der Waals surface area contributed by atoms with Gasteiger partial charge >= 0.3 is 5.97 Å². The summed E-state index contributed by atoms with van der Waals surface area (Å²) in [7, 11) is 0. The number of esters is 1. The fourth-order valence-corrected chi connectivity index (χ4v) is 4.93. The summed E-state index contributed by atoms with van der Waals surface area (Å²) in [6, 6.07) is 9.86. The van der Waals surface area contributed by atoms with Crippen molar-refractivity contribution in [2.75, 3.05) is 6.61 Å². The summed E-state index contributed by atoms with van der Waals surface area (Å²) < 4.78 is 6.67. The highest BCUT2D eigenvalue weighted by Crippen LogP contribution is 2.35. The molecule has 1 aromatic carbocycles. The number of rotatable bonds is 5. The van der Waals surface area contributed by atoms with Crippen molar-refractivity contribution in [1.82, 2.24) is 9.55 Å². The Morgan fingerprint density at radius 3 is 2.96 bits per heavy atom. The zero-order chi connectivity index (χ0) is 18.8. The Bertz CT molecular complexity index is 1020. The van der Waals surface area contributed by atoms with Crippen molar-refractivity contribution in [1.29, 1.82) is 0 Å². The minimum atomic E-state index is -0.410. The van der Waals surface area contributed by atoms with Gasteiger partial charge < -0.3 is 4.74 Å². The van der Waals surface area contributed by atoms with Crippen LogP contribution < -0.4 is 5.56 Å². The summed E-state index contributed by atoms with van der Waals surface area (Å²) in [5.74, 6) is 0.235. The summed E-state index contributed by atoms with van der Waals surface area (Å²) in [5, 5.41) is 0.696. The number of carbonyl (C=O) groups is 1. The van der Waals surface area contributed by atoms with E-state index in [0.717, 1.165) is 35.2 Å². The molecular formula is C21H22N2O3S. The van der Waals surface area contributed by atoms with Crippen LogP contribution in [0, 0.1) is 5.92 Å². The summed E-state index contributed by atoms with van der Waals surface area (Å²) in [4.78, 5) is 31.5. The fourth-order valence-electron chi connectivity index (χ4n) is 3.59. The molecule has 5 nitrogen and oxygen atoms in total. The van der Waals surface area contributed by atoms with Gasteiger partial charge in [0.25, 0.3) is 5.56 Å². The Morgan fingerprint density at radius 1 is 1.33 bits per heavy atom. The first-order valence-corrected chi connectivity index (χ1v) is 10.1. The SMILES string of the molecule is CC1CCc2c(sc3ncn(CC(=O)OCCc4ccccc4)c(=O)c23)C1. The van der Waals surface area contributed by atoms with Crippen molar-refractivity contribution >= 4 is 27.5 Å². The zero-order valence-electron chi connectivity index (χ0n) is 15.3. The normalized spacial score (nSPS) is 16.3. The number of thiophene rings is 1. The van der Waals surface area contributed by atoms with Gasteiger partial charge in [0.2, 0.25) is 0 Å². The topological polar surface area (TPSA) is 61.2 Å². The van der Waals surface area contributed by atoms with Crippen LogP contribution in [0.1, 0.15) is 29.3 Å². The molecule has 2 heterocycles. The van der Waals surface area contributed by atoms with Crippen molar-refractivity contribution in [3.05, 3.63) is 63.0 Å². The standard InChI is InChI=1S/C21H22N2O3S/c1-14-7-8-16-17(11-14)27-20-19(16)21(25)23(13-22-20)12-18(24)26-10-9-15-5-3-2-4-6-15/h2-6,13-14H,7-12H2,1H3. The van der Waals surface area contributed by atoms with E-state index < -0.39 is 5.97 Å². The van der Waals surface area contributed by atoms with Crippen LogP contribution >= 0.6 is 11.3 Å². The Labute approximate surface area is 161 Å². The molecule has 0 N–H and O–H groups in total. The van der Waals surface area contributed by atoms with Crippen LogP contribution in [0.15, 0.2) is 41.5 Å². The third kappa shape index (κ3) is 3.81. The van der Waals surface area contributed by atoms with E-state index in [4.69, 9.17) is 4.74 Å². The maximum atomic E-state index is 12.9. The van der Waals surface area contributed by atoms with Crippen LogP contribution in [0.3, 0.4) is 0 Å². The van der Waals surface area contributed by atoms with Gasteiger partial charge in [-0.15, -0.1) is 11.3 Å². The molecule has 27 heavy (non-hydrogen) atoms. The smallest absolute Gasteiger partial charge is 0.326 e. The van der Waals surface area contributed by atoms with Gasteiger partial charge in [-0.25, -0.2) is 4.98 Å². The van der Waals surface area contributed by atoms with E-state index >= 15 is 0 Å². The van der Waals surface area contributed by atoms with Gasteiger partial charge in [0.15, 0.2) is 0 Å². The minimum absolute atomic E-state index is 0.0996. The molecule has 1 atom stereocenters. The maximum Gasteiger partial charge on any atom is 0.326 e. The maximum absolute atomic E-state index is 12.9. The van der Waals surface area contributed by atoms with Crippen LogP contribution in [0.5, 0.6) is 0 Å². The molecule has 1 aliphatic carbocycles. The lowest BCUT2D eigenvalue weighted by molar-refractivity contribution is -0.144. The molecule has 0 fully saturated rings. The Morgan fingerprint density at radius 2 is 2.15 bits per heavy atom. The first kappa shape index (κ1) is 17.9. The van der Waals surface area contributed by atoms with Crippen LogP contribution in [-0.4, -0.2) is 22.1 Å². The highest BCUT2D eigenvalue weighted by atomic mass is 32.1. The van der Waals surface area contributed by atoms with E-state index in [9.17, 15) is 9.59 Å². The molecule has 1 aliphatic rings. The first-order valence-electron chi connectivity index (χ1n) is 9.31. The number of aromatic nitrogens is 2. The minimum Gasteiger partial charge on any atom is -0.464 e. The number of carbonyl (C=O) groups excluding carboxylic acids is 1. The lowest BCUT2D eigenvalue weighted by Crippen LogP contribution is -2.26. The van der Waals surface area contributed by atoms with Crippen LogP contribution in [0.4, 0.5) is 0 Å². The number of fused-ring (bicyclic) bond motifs is 3. The molecule has 0 saturated carbocycles. The van der Waals surface area contributed by atoms with E-state index in [1.54, 1.807) is 11.3 Å². The molecule has 0 saturated heterocycles. The summed E-state index contributed by atoms with van der Waals surface area (Å²) in [6.45, 7) is 2.45. The third-order valence-electron chi connectivity index (χ3n) is 5.08. The van der Waals surface area contributed by atoms with Crippen molar-refractivity contribution in [3.63, 3.8) is 0 Å². The van der Waals surface area contributed by atoms with Crippen molar-refractivity contribution in [3.8, 4) is 0 Å². The van der Waals surface area contributed by atoms with Crippen molar-refractivity contribution in [2.24, 2.45) is 5.92 Å². The Kier molecular flexibility index (Phi) is 5.07. The van der Waals surface area contributed by atoms with E-state index in [-0.39, 0.29) is 12.1 Å². The average molecular weight is 382 g/mol. The predicted molar refractivity (Wildman–Crippen MR) is 106 cm³/mol. The van der Waals surface area contributed by atoms with Gasteiger partial charge in [0.05, 0.1) is 18.3 Å². The number of nitrogens with zero attached hydrogens (tertiary/aromatic N) is 2. The second-order valence-electron chi connectivity index (χ2n) is 7.17. The number of hydrogen-bond acceptors (Lipinski definition) is 5. The van der Waals surface area contributed by atoms with Crippen molar-refractivity contribution < 1.29 is 9.53 Å². The van der Waals surface area contributed by atoms with Gasteiger partial charge in [-0.05, 0) is 36.3 Å². The fraction of sp³-hybridized carbons (Fsp3) is 0.381. The largest absolute Gasteiger partial charge is 0.464 e. The van der Waals surface area contributed by atoms with Gasteiger partial charge in [-0.2, -0.15) is 0 Å². The molecule has 6 heteroatoms. The quantitative estimate of drug-likeness (QED) is 0.635. The number of benzene rings is 1. The molecule has 140 valence electrons. The predicted octanol–water partition coefficient (Wildman–Crippen LogP) is 3.37. The molecular weight excluding hydrogens is 360 g/mol. The molecule has 0 bridgehead atoms. The molecule has 3 aromatic rings. The average Bonchev–Trinajstić information content (AvgIpc) is 3.03. The second kappa shape index (κ2) is 7.64. The molecule has 4 rings (SSSR count). The molecule has 0 amide bonds. The highest BCUT2D eigenvalue weighted by molar-refractivity contribution is 7.18. The molecule has 0 spiro atoms. The van der Waals surface area contributed by atoms with Crippen molar-refractivity contribution in [2.45, 2.75) is 39.2 Å². The van der Waals surface area contributed by atoms with Gasteiger partial charge in [-0.3, -0.25) is 14.2 Å². The Balaban J connectivity index is 1.46. The number of ether oxygens (including phenoxy) is 1. The van der Waals surface area contributed by atoms with E-state index in [1.807, 2.05) is 30.3 Å². The lowest BCUT2D eigenvalue weighted by Gasteiger charge is -2.17. The number of hydrogen-bond donors (Lipinski definition) is 0. The van der Waals surface area contributed by atoms with Crippen LogP contribution in [-0.2, 0) is 35.3 Å². The van der Waals surface area contributed by atoms with Gasteiger partial charge in [0.1, 0.15) is 11.4 Å². The molecule has 2 aromatic heterocycles. The summed E-state index contributed by atoms with van der Waals surface area (Å²) in [6.07, 6.45) is 5.15. The highest BCUT2D eigenvalue weighted by Gasteiger charge is 2.23. The molecule has 0 aliphatic heterocycles. The lowest BCUT2D eigenvalue weighted by atomic mass is 9.89. The van der Waals surface area contributed by atoms with E-state index in [0.29, 0.717) is 24.3 Å². The van der Waals surface area contributed by atoms with Crippen LogP contribution in [0.2, 0.25) is 0 Å². The Hall–Kier alpha value is -2.47. The van der Waals surface area contributed by atoms with E-state index in [2.05, 4.69) is 11.9 Å². The second-order valence-corrected chi connectivity index (χ2v) is 8.25. The summed E-state index contributed by atoms with van der Waals surface area (Å²) in [5.41, 5.74) is 2.12. The van der Waals surface area contributed by atoms with E-state index in [1.165, 1.54) is 15.8 Å². The van der Waals surface area contributed by atoms with Gasteiger partial charge in [-0.1, -0.05) is 37.3 Å². The summed E-state index contributed by atoms with van der Waals surface area (Å²) >= 11 is 1.62.